The summed E-state index contributed by atoms with van der Waals surface area (Å²) in [6.45, 7) is 3.81. The van der Waals surface area contributed by atoms with Gasteiger partial charge < -0.3 is 10.2 Å². The van der Waals surface area contributed by atoms with Crippen molar-refractivity contribution in [3.63, 3.8) is 0 Å². The summed E-state index contributed by atoms with van der Waals surface area (Å²) in [5.74, 6) is -0.610. The van der Waals surface area contributed by atoms with Crippen LogP contribution >= 0.6 is 0 Å². The molecule has 1 atom stereocenters. The van der Waals surface area contributed by atoms with Crippen molar-refractivity contribution < 1.29 is 9.59 Å². The molecule has 0 aliphatic rings. The first-order valence-electron chi connectivity index (χ1n) is 9.45. The van der Waals surface area contributed by atoms with E-state index in [2.05, 4.69) is 15.4 Å². The van der Waals surface area contributed by atoms with Gasteiger partial charge in [0.25, 0.3) is 5.56 Å². The molecule has 0 radical (unpaired) electrons. The van der Waals surface area contributed by atoms with Crippen LogP contribution in [0.25, 0.3) is 11.0 Å². The number of carbonyl (C=O) groups excluding carboxylic acids is 2. The number of aromatic nitrogens is 4. The van der Waals surface area contributed by atoms with Crippen LogP contribution in [0.3, 0.4) is 0 Å². The Balaban J connectivity index is 1.77. The van der Waals surface area contributed by atoms with Gasteiger partial charge in [-0.3, -0.25) is 23.6 Å². The van der Waals surface area contributed by atoms with Crippen LogP contribution in [0.2, 0.25) is 0 Å². The smallest absolute Gasteiger partial charge is 0.264 e. The first kappa shape index (κ1) is 20.2. The molecule has 2 amide bonds. The molecular weight excluding hydrogens is 372 g/mol. The summed E-state index contributed by atoms with van der Waals surface area (Å²) in [6, 6.07) is 8.38. The molecule has 0 aliphatic heterocycles. The fourth-order valence-corrected chi connectivity index (χ4v) is 3.10. The predicted molar refractivity (Wildman–Crippen MR) is 109 cm³/mol. The highest BCUT2D eigenvalue weighted by atomic mass is 16.2. The molecule has 0 saturated heterocycles. The van der Waals surface area contributed by atoms with Gasteiger partial charge in [0, 0.05) is 19.3 Å². The minimum atomic E-state index is -0.687. The van der Waals surface area contributed by atoms with Crippen LogP contribution in [-0.4, -0.2) is 48.6 Å². The minimum Gasteiger partial charge on any atom is -0.329 e. The summed E-state index contributed by atoms with van der Waals surface area (Å²) in [5.41, 5.74) is 0.782. The SMILES string of the molecule is CCCN(C(=O)Cn1cnc2c(cnn2C)c1=O)C(C)C(=O)Nc1ccccc1. The van der Waals surface area contributed by atoms with Crippen molar-refractivity contribution in [2.24, 2.45) is 7.05 Å². The van der Waals surface area contributed by atoms with E-state index >= 15 is 0 Å². The fraction of sp³-hybridized carbons (Fsp3) is 0.350. The van der Waals surface area contributed by atoms with Gasteiger partial charge in [0.1, 0.15) is 24.3 Å². The number of nitrogens with one attached hydrogen (secondary N) is 1. The second-order valence-electron chi connectivity index (χ2n) is 6.80. The maximum atomic E-state index is 12.9. The van der Waals surface area contributed by atoms with Gasteiger partial charge in [0.05, 0.1) is 6.20 Å². The molecule has 1 aromatic carbocycles. The first-order valence-corrected chi connectivity index (χ1v) is 9.45. The Morgan fingerprint density at radius 2 is 1.97 bits per heavy atom. The molecule has 1 N–H and O–H groups in total. The molecule has 0 bridgehead atoms. The van der Waals surface area contributed by atoms with E-state index in [4.69, 9.17) is 0 Å². The summed E-state index contributed by atoms with van der Waals surface area (Å²) in [5, 5.41) is 7.19. The summed E-state index contributed by atoms with van der Waals surface area (Å²) in [6.07, 6.45) is 3.46. The Kier molecular flexibility index (Phi) is 6.06. The number of hydrogen-bond donors (Lipinski definition) is 1. The molecule has 9 nitrogen and oxygen atoms in total. The van der Waals surface area contributed by atoms with E-state index < -0.39 is 6.04 Å². The zero-order chi connectivity index (χ0) is 21.0. The van der Waals surface area contributed by atoms with E-state index in [0.717, 1.165) is 0 Å². The van der Waals surface area contributed by atoms with Crippen LogP contribution in [0.1, 0.15) is 20.3 Å². The van der Waals surface area contributed by atoms with Gasteiger partial charge in [-0.05, 0) is 25.5 Å². The molecular formula is C20H24N6O3. The van der Waals surface area contributed by atoms with Crippen LogP contribution in [0, 0.1) is 0 Å². The quantitative estimate of drug-likeness (QED) is 0.650. The average molecular weight is 396 g/mol. The molecule has 0 fully saturated rings. The number of aryl methyl sites for hydroxylation is 1. The lowest BCUT2D eigenvalue weighted by Gasteiger charge is -2.28. The van der Waals surface area contributed by atoms with Gasteiger partial charge in [-0.15, -0.1) is 0 Å². The zero-order valence-electron chi connectivity index (χ0n) is 16.7. The van der Waals surface area contributed by atoms with Crippen molar-refractivity contribution in [1.29, 1.82) is 0 Å². The van der Waals surface area contributed by atoms with Crippen molar-refractivity contribution in [1.82, 2.24) is 24.2 Å². The molecule has 3 rings (SSSR count). The van der Waals surface area contributed by atoms with Crippen molar-refractivity contribution in [3.05, 3.63) is 53.2 Å². The highest BCUT2D eigenvalue weighted by Crippen LogP contribution is 2.10. The van der Waals surface area contributed by atoms with Crippen LogP contribution in [0.4, 0.5) is 5.69 Å². The zero-order valence-corrected chi connectivity index (χ0v) is 16.7. The molecule has 9 heteroatoms. The number of carbonyl (C=O) groups is 2. The third-order valence-corrected chi connectivity index (χ3v) is 4.70. The topological polar surface area (TPSA) is 102 Å². The molecule has 0 aliphatic carbocycles. The van der Waals surface area contributed by atoms with E-state index in [1.807, 2.05) is 25.1 Å². The van der Waals surface area contributed by atoms with E-state index in [1.54, 1.807) is 26.1 Å². The monoisotopic (exact) mass is 396 g/mol. The number of nitrogens with zero attached hydrogens (tertiary/aromatic N) is 5. The van der Waals surface area contributed by atoms with Gasteiger partial charge in [-0.25, -0.2) is 4.98 Å². The summed E-state index contributed by atoms with van der Waals surface area (Å²) in [7, 11) is 1.69. The first-order chi connectivity index (χ1) is 13.9. The summed E-state index contributed by atoms with van der Waals surface area (Å²) >= 11 is 0. The predicted octanol–water partition coefficient (Wildman–Crippen LogP) is 1.40. The molecule has 29 heavy (non-hydrogen) atoms. The molecule has 0 saturated carbocycles. The number of hydrogen-bond acceptors (Lipinski definition) is 5. The maximum absolute atomic E-state index is 12.9. The van der Waals surface area contributed by atoms with Crippen LogP contribution in [0.5, 0.6) is 0 Å². The standard InChI is InChI=1S/C20H24N6O3/c1-4-10-26(14(2)19(28)23-15-8-6-5-7-9-15)17(27)12-25-13-21-18-16(20(25)29)11-22-24(18)3/h5-9,11,13-14H,4,10,12H2,1-3H3,(H,23,28). The van der Waals surface area contributed by atoms with E-state index in [9.17, 15) is 14.4 Å². The van der Waals surface area contributed by atoms with Gasteiger partial charge in [0.15, 0.2) is 5.65 Å². The van der Waals surface area contributed by atoms with Crippen LogP contribution in [-0.2, 0) is 23.2 Å². The number of amides is 2. The summed E-state index contributed by atoms with van der Waals surface area (Å²) < 4.78 is 2.75. The lowest BCUT2D eigenvalue weighted by atomic mass is 10.2. The third-order valence-electron chi connectivity index (χ3n) is 4.70. The van der Waals surface area contributed by atoms with E-state index in [0.29, 0.717) is 29.7 Å². The Morgan fingerprint density at radius 1 is 1.24 bits per heavy atom. The average Bonchev–Trinajstić information content (AvgIpc) is 3.10. The molecule has 1 unspecified atom stereocenters. The number of para-hydroxylation sites is 1. The van der Waals surface area contributed by atoms with E-state index in [1.165, 1.54) is 26.7 Å². The molecule has 2 heterocycles. The largest absolute Gasteiger partial charge is 0.329 e. The Bertz CT molecular complexity index is 1070. The lowest BCUT2D eigenvalue weighted by Crippen LogP contribution is -2.47. The maximum Gasteiger partial charge on any atom is 0.264 e. The van der Waals surface area contributed by atoms with Gasteiger partial charge in [0.2, 0.25) is 11.8 Å². The number of anilines is 1. The number of fused-ring (bicyclic) bond motifs is 1. The number of benzene rings is 1. The fourth-order valence-electron chi connectivity index (χ4n) is 3.10. The van der Waals surface area contributed by atoms with Crippen molar-refractivity contribution in [2.75, 3.05) is 11.9 Å². The molecule has 0 spiro atoms. The molecule has 2 aromatic heterocycles. The van der Waals surface area contributed by atoms with Gasteiger partial charge in [-0.1, -0.05) is 25.1 Å². The van der Waals surface area contributed by atoms with Gasteiger partial charge in [-0.2, -0.15) is 5.10 Å². The Morgan fingerprint density at radius 3 is 2.66 bits per heavy atom. The summed E-state index contributed by atoms with van der Waals surface area (Å²) in [4.78, 5) is 43.9. The second-order valence-corrected chi connectivity index (χ2v) is 6.80. The Hall–Kier alpha value is -3.49. The molecule has 152 valence electrons. The second kappa shape index (κ2) is 8.68. The lowest BCUT2D eigenvalue weighted by molar-refractivity contribution is -0.138. The number of rotatable bonds is 7. The highest BCUT2D eigenvalue weighted by molar-refractivity contribution is 5.96. The molecule has 3 aromatic rings. The van der Waals surface area contributed by atoms with Crippen molar-refractivity contribution >= 4 is 28.5 Å². The minimum absolute atomic E-state index is 0.195. The Labute approximate surface area is 168 Å². The van der Waals surface area contributed by atoms with Crippen molar-refractivity contribution in [2.45, 2.75) is 32.9 Å². The highest BCUT2D eigenvalue weighted by Gasteiger charge is 2.26. The third kappa shape index (κ3) is 4.34. The van der Waals surface area contributed by atoms with E-state index in [-0.39, 0.29) is 23.9 Å². The van der Waals surface area contributed by atoms with Gasteiger partial charge >= 0.3 is 0 Å². The van der Waals surface area contributed by atoms with Crippen LogP contribution in [0.15, 0.2) is 47.7 Å². The van der Waals surface area contributed by atoms with Crippen LogP contribution < -0.4 is 10.9 Å². The normalized spacial score (nSPS) is 12.0. The van der Waals surface area contributed by atoms with Crippen molar-refractivity contribution in [3.8, 4) is 0 Å².